The Morgan fingerprint density at radius 1 is 1.56 bits per heavy atom. The highest BCUT2D eigenvalue weighted by Crippen LogP contribution is 1.93. The molecular formula is C4H9N2O2S. The third-order valence-corrected chi connectivity index (χ3v) is 1.84. The zero-order valence-corrected chi connectivity index (χ0v) is 5.98. The molecule has 1 radical (unpaired) electrons. The van der Waals surface area contributed by atoms with Crippen molar-refractivity contribution in [1.29, 1.82) is 0 Å². The number of sulfonamides is 1. The molecule has 0 bridgehead atoms. The Balaban J connectivity index is 2.33. The SMILES string of the molecule is CS(=O)(=O)NC1C[N]C1. The van der Waals surface area contributed by atoms with E-state index < -0.39 is 10.0 Å². The second-order valence-corrected chi connectivity index (χ2v) is 3.96. The summed E-state index contributed by atoms with van der Waals surface area (Å²) >= 11 is 0. The van der Waals surface area contributed by atoms with E-state index >= 15 is 0 Å². The predicted octanol–water partition coefficient (Wildman–Crippen LogP) is -1.48. The first-order valence-electron chi connectivity index (χ1n) is 2.68. The van der Waals surface area contributed by atoms with E-state index in [1.165, 1.54) is 0 Å². The molecule has 1 saturated heterocycles. The first kappa shape index (κ1) is 6.98. The molecule has 0 spiro atoms. The summed E-state index contributed by atoms with van der Waals surface area (Å²) in [6.07, 6.45) is 1.16. The summed E-state index contributed by atoms with van der Waals surface area (Å²) in [6, 6.07) is 0.0694. The highest BCUT2D eigenvalue weighted by molar-refractivity contribution is 7.88. The molecule has 0 atom stereocenters. The zero-order valence-electron chi connectivity index (χ0n) is 5.16. The fraction of sp³-hybridized carbons (Fsp3) is 1.00. The summed E-state index contributed by atoms with van der Waals surface area (Å²) in [5.74, 6) is 0. The maximum atomic E-state index is 10.5. The van der Waals surface area contributed by atoms with Crippen molar-refractivity contribution < 1.29 is 8.42 Å². The largest absolute Gasteiger partial charge is 0.238 e. The van der Waals surface area contributed by atoms with Gasteiger partial charge in [-0.2, -0.15) is 0 Å². The van der Waals surface area contributed by atoms with E-state index in [-0.39, 0.29) is 6.04 Å². The first-order chi connectivity index (χ1) is 4.08. The fourth-order valence-electron chi connectivity index (χ4n) is 0.635. The molecule has 0 unspecified atom stereocenters. The lowest BCUT2D eigenvalue weighted by Crippen LogP contribution is -2.52. The summed E-state index contributed by atoms with van der Waals surface area (Å²) in [4.78, 5) is 0. The molecule has 0 amide bonds. The van der Waals surface area contributed by atoms with Crippen LogP contribution in [0.5, 0.6) is 0 Å². The van der Waals surface area contributed by atoms with Gasteiger partial charge in [0.25, 0.3) is 0 Å². The smallest absolute Gasteiger partial charge is 0.209 e. The van der Waals surface area contributed by atoms with Crippen molar-refractivity contribution in [1.82, 2.24) is 10.0 Å². The van der Waals surface area contributed by atoms with E-state index in [0.717, 1.165) is 6.26 Å². The van der Waals surface area contributed by atoms with Gasteiger partial charge in [-0.3, -0.25) is 0 Å². The number of hydrogen-bond acceptors (Lipinski definition) is 2. The summed E-state index contributed by atoms with van der Waals surface area (Å²) in [7, 11) is -2.99. The number of nitrogens with one attached hydrogen (secondary N) is 1. The summed E-state index contributed by atoms with van der Waals surface area (Å²) < 4.78 is 23.4. The van der Waals surface area contributed by atoms with Crippen LogP contribution < -0.4 is 10.0 Å². The van der Waals surface area contributed by atoms with Crippen LogP contribution in [0, 0.1) is 0 Å². The summed E-state index contributed by atoms with van der Waals surface area (Å²) in [6.45, 7) is 1.26. The van der Waals surface area contributed by atoms with Crippen molar-refractivity contribution in [2.75, 3.05) is 19.3 Å². The van der Waals surface area contributed by atoms with Gasteiger partial charge in [0.05, 0.1) is 6.26 Å². The molecule has 1 fully saturated rings. The molecule has 0 aromatic carbocycles. The average molecular weight is 149 g/mol. The third-order valence-electron chi connectivity index (χ3n) is 1.08. The maximum Gasteiger partial charge on any atom is 0.209 e. The molecule has 1 aliphatic rings. The van der Waals surface area contributed by atoms with Crippen molar-refractivity contribution >= 4 is 10.0 Å². The highest BCUT2D eigenvalue weighted by Gasteiger charge is 2.20. The van der Waals surface area contributed by atoms with Gasteiger partial charge in [0, 0.05) is 19.1 Å². The minimum Gasteiger partial charge on any atom is -0.238 e. The molecule has 53 valence electrons. The average Bonchev–Trinajstić information content (AvgIpc) is 1.53. The lowest BCUT2D eigenvalue weighted by atomic mass is 10.2. The molecule has 4 nitrogen and oxygen atoms in total. The van der Waals surface area contributed by atoms with Gasteiger partial charge in [0.1, 0.15) is 0 Å². The van der Waals surface area contributed by atoms with Crippen molar-refractivity contribution in [2.45, 2.75) is 6.04 Å². The van der Waals surface area contributed by atoms with Crippen molar-refractivity contribution in [2.24, 2.45) is 0 Å². The van der Waals surface area contributed by atoms with Crippen LogP contribution in [0.2, 0.25) is 0 Å². The van der Waals surface area contributed by atoms with E-state index in [1.54, 1.807) is 0 Å². The Morgan fingerprint density at radius 3 is 2.22 bits per heavy atom. The van der Waals surface area contributed by atoms with Gasteiger partial charge in [-0.1, -0.05) is 0 Å². The van der Waals surface area contributed by atoms with Gasteiger partial charge in [-0.15, -0.1) is 0 Å². The summed E-state index contributed by atoms with van der Waals surface area (Å²) in [5.41, 5.74) is 0. The van der Waals surface area contributed by atoms with Crippen LogP contribution in [0.4, 0.5) is 0 Å². The van der Waals surface area contributed by atoms with Gasteiger partial charge in [0.2, 0.25) is 10.0 Å². The standard InChI is InChI=1S/C4H9N2O2S/c1-9(7,8)6-4-2-5-3-4/h4,6H,2-3H2,1H3. The Labute approximate surface area is 54.7 Å². The van der Waals surface area contributed by atoms with Crippen molar-refractivity contribution in [3.05, 3.63) is 0 Å². The van der Waals surface area contributed by atoms with E-state index in [9.17, 15) is 8.42 Å². The Bertz CT molecular complexity index is 183. The Morgan fingerprint density at radius 2 is 2.11 bits per heavy atom. The quantitative estimate of drug-likeness (QED) is 0.520. The Hall–Kier alpha value is -0.130. The molecule has 1 N–H and O–H groups in total. The van der Waals surface area contributed by atoms with Crippen LogP contribution in [-0.4, -0.2) is 33.8 Å². The Kier molecular flexibility index (Phi) is 1.74. The summed E-state index contributed by atoms with van der Waals surface area (Å²) in [5, 5.41) is 3.86. The van der Waals surface area contributed by atoms with Gasteiger partial charge in [-0.05, 0) is 0 Å². The maximum absolute atomic E-state index is 10.5. The van der Waals surface area contributed by atoms with E-state index in [1.807, 2.05) is 0 Å². The minimum absolute atomic E-state index is 0.0694. The molecule has 0 aliphatic carbocycles. The number of hydrogen-bond donors (Lipinski definition) is 1. The van der Waals surface area contributed by atoms with E-state index in [0.29, 0.717) is 13.1 Å². The van der Waals surface area contributed by atoms with Crippen LogP contribution >= 0.6 is 0 Å². The lowest BCUT2D eigenvalue weighted by molar-refractivity contribution is 0.402. The third kappa shape index (κ3) is 2.30. The van der Waals surface area contributed by atoms with Crippen LogP contribution in [0.3, 0.4) is 0 Å². The second-order valence-electron chi connectivity index (χ2n) is 2.18. The van der Waals surface area contributed by atoms with Crippen molar-refractivity contribution in [3.63, 3.8) is 0 Å². The van der Waals surface area contributed by atoms with Gasteiger partial charge < -0.3 is 0 Å². The van der Waals surface area contributed by atoms with E-state index in [4.69, 9.17) is 0 Å². The predicted molar refractivity (Wildman–Crippen MR) is 33.6 cm³/mol. The molecular weight excluding hydrogens is 140 g/mol. The molecule has 1 aliphatic heterocycles. The second kappa shape index (κ2) is 2.24. The normalized spacial score (nSPS) is 21.4. The van der Waals surface area contributed by atoms with Crippen LogP contribution in [0.1, 0.15) is 0 Å². The topological polar surface area (TPSA) is 60.3 Å². The molecule has 0 aromatic heterocycles. The monoisotopic (exact) mass is 149 g/mol. The van der Waals surface area contributed by atoms with Crippen molar-refractivity contribution in [3.8, 4) is 0 Å². The van der Waals surface area contributed by atoms with Gasteiger partial charge in [-0.25, -0.2) is 18.5 Å². The molecule has 0 aromatic rings. The number of rotatable bonds is 2. The molecule has 9 heavy (non-hydrogen) atoms. The molecule has 1 rings (SSSR count). The van der Waals surface area contributed by atoms with Crippen LogP contribution in [0.15, 0.2) is 0 Å². The zero-order chi connectivity index (χ0) is 6.91. The minimum atomic E-state index is -2.99. The highest BCUT2D eigenvalue weighted by atomic mass is 32.2. The molecule has 5 heteroatoms. The first-order valence-corrected chi connectivity index (χ1v) is 4.57. The van der Waals surface area contributed by atoms with Gasteiger partial charge >= 0.3 is 0 Å². The van der Waals surface area contributed by atoms with E-state index in [2.05, 4.69) is 10.0 Å². The van der Waals surface area contributed by atoms with Crippen LogP contribution in [0.25, 0.3) is 0 Å². The fourth-order valence-corrected chi connectivity index (χ4v) is 1.39. The molecule has 0 saturated carbocycles. The van der Waals surface area contributed by atoms with Gasteiger partial charge in [0.15, 0.2) is 0 Å². The lowest BCUT2D eigenvalue weighted by Gasteiger charge is -2.24. The molecule has 1 heterocycles. The van der Waals surface area contributed by atoms with Crippen LogP contribution in [-0.2, 0) is 10.0 Å². The number of nitrogens with zero attached hydrogens (tertiary/aromatic N) is 1.